The first-order chi connectivity index (χ1) is 18.4. The Morgan fingerprint density at radius 1 is 1.05 bits per heavy atom. The second-order valence-electron chi connectivity index (χ2n) is 9.58. The lowest BCUT2D eigenvalue weighted by Crippen LogP contribution is -2.52. The first-order valence-corrected chi connectivity index (χ1v) is 12.6. The highest BCUT2D eigenvalue weighted by Gasteiger charge is 2.31. The van der Waals surface area contributed by atoms with Crippen LogP contribution in [-0.2, 0) is 11.2 Å². The van der Waals surface area contributed by atoms with E-state index in [1.165, 1.54) is 24.3 Å². The lowest BCUT2D eigenvalue weighted by atomic mass is 9.98. The Kier molecular flexibility index (Phi) is 7.71. The molecule has 2 aliphatic heterocycles. The second-order valence-corrected chi connectivity index (χ2v) is 9.58. The fourth-order valence-electron chi connectivity index (χ4n) is 4.75. The molecule has 0 spiro atoms. The number of likely N-dealkylation sites (tertiary alicyclic amines) is 1. The van der Waals surface area contributed by atoms with Gasteiger partial charge in [-0.05, 0) is 72.1 Å². The van der Waals surface area contributed by atoms with Crippen LogP contribution in [0.1, 0.15) is 30.1 Å². The molecule has 3 N–H and O–H groups in total. The van der Waals surface area contributed by atoms with Gasteiger partial charge in [0, 0.05) is 13.0 Å². The van der Waals surface area contributed by atoms with Crippen LogP contribution >= 0.6 is 0 Å². The number of hydrogen-bond donors (Lipinski definition) is 3. The quantitative estimate of drug-likeness (QED) is 0.224. The Balaban J connectivity index is 1.28. The molecule has 1 fully saturated rings. The van der Waals surface area contributed by atoms with E-state index < -0.39 is 23.9 Å². The van der Waals surface area contributed by atoms with E-state index in [4.69, 9.17) is 9.47 Å². The predicted molar refractivity (Wildman–Crippen MR) is 137 cm³/mol. The highest BCUT2D eigenvalue weighted by molar-refractivity contribution is 6.38. The summed E-state index contributed by atoms with van der Waals surface area (Å²) in [6, 6.07) is 12.0. The second kappa shape index (κ2) is 11.3. The van der Waals surface area contributed by atoms with Crippen molar-refractivity contribution in [1.82, 2.24) is 10.2 Å². The van der Waals surface area contributed by atoms with Crippen molar-refractivity contribution in [3.05, 3.63) is 71.3 Å². The van der Waals surface area contributed by atoms with Gasteiger partial charge in [-0.3, -0.25) is 4.79 Å². The van der Waals surface area contributed by atoms with Gasteiger partial charge >= 0.3 is 0 Å². The number of benzene rings is 3. The average molecular weight is 526 g/mol. The molecular formula is C28H29F2N3O5. The van der Waals surface area contributed by atoms with Crippen LogP contribution in [0.4, 0.5) is 8.78 Å². The number of aliphatic hydroxyl groups excluding tert-OH is 1. The van der Waals surface area contributed by atoms with Crippen molar-refractivity contribution < 1.29 is 33.4 Å². The van der Waals surface area contributed by atoms with Crippen LogP contribution in [0.15, 0.2) is 53.7 Å². The molecule has 2 aliphatic rings. The number of nitrogens with zero attached hydrogens (tertiary/aromatic N) is 2. The molecule has 2 heterocycles. The highest BCUT2D eigenvalue weighted by atomic mass is 19.1. The smallest absolute Gasteiger partial charge is 0.269 e. The summed E-state index contributed by atoms with van der Waals surface area (Å²) >= 11 is 0. The van der Waals surface area contributed by atoms with Crippen LogP contribution in [0.25, 0.3) is 10.8 Å². The minimum absolute atomic E-state index is 0.00375. The van der Waals surface area contributed by atoms with Gasteiger partial charge in [0.1, 0.15) is 30.8 Å². The molecule has 0 bridgehead atoms. The van der Waals surface area contributed by atoms with Crippen molar-refractivity contribution in [2.45, 2.75) is 31.4 Å². The van der Waals surface area contributed by atoms with Gasteiger partial charge in [-0.25, -0.2) is 8.78 Å². The van der Waals surface area contributed by atoms with E-state index in [9.17, 15) is 23.9 Å². The predicted octanol–water partition coefficient (Wildman–Crippen LogP) is 3.58. The van der Waals surface area contributed by atoms with Crippen molar-refractivity contribution in [3.63, 3.8) is 0 Å². The Hall–Kier alpha value is -3.76. The maximum atomic E-state index is 14.6. The zero-order valence-electron chi connectivity index (χ0n) is 20.7. The number of fused-ring (bicyclic) bond motifs is 2. The summed E-state index contributed by atoms with van der Waals surface area (Å²) in [4.78, 5) is 15.2. The fourth-order valence-corrected chi connectivity index (χ4v) is 4.75. The van der Waals surface area contributed by atoms with E-state index in [0.717, 1.165) is 35.8 Å². The average Bonchev–Trinajstić information content (AvgIpc) is 2.89. The van der Waals surface area contributed by atoms with Crippen LogP contribution in [0.2, 0.25) is 0 Å². The van der Waals surface area contributed by atoms with Crippen molar-refractivity contribution in [2.75, 3.05) is 32.8 Å². The van der Waals surface area contributed by atoms with Gasteiger partial charge in [-0.1, -0.05) is 29.4 Å². The number of halogens is 2. The summed E-state index contributed by atoms with van der Waals surface area (Å²) in [6.45, 7) is 2.48. The number of carbonyl (C=O) groups excluding carboxylic acids is 1. The standard InChI is InChI=1S/C28H29F2N3O5/c29-21-6-5-18-12-17(2-4-19(18)13-21)3-7-23(32-36)28(35)31-24(16-33-8-1-9-33)26(34)20-14-22(30)27-25(15-20)37-10-11-38-27/h2,4-6,12-15,24,26,34,36H,1,3,7-11,16H2,(H,31,35)/b32-23-/t24-,26+/m1/s1. The number of aryl methyl sites for hydroxylation is 1. The summed E-state index contributed by atoms with van der Waals surface area (Å²) in [5, 5.41) is 28.4. The zero-order chi connectivity index (χ0) is 26.6. The Bertz CT molecular complexity index is 1360. The summed E-state index contributed by atoms with van der Waals surface area (Å²) in [5.41, 5.74) is 1.04. The van der Waals surface area contributed by atoms with Crippen LogP contribution in [0.3, 0.4) is 0 Å². The van der Waals surface area contributed by atoms with E-state index in [1.54, 1.807) is 12.1 Å². The summed E-state index contributed by atoms with van der Waals surface area (Å²) in [7, 11) is 0. The molecule has 0 radical (unpaired) electrons. The Labute approximate surface area is 218 Å². The molecule has 1 saturated heterocycles. The maximum absolute atomic E-state index is 14.6. The van der Waals surface area contributed by atoms with E-state index in [2.05, 4.69) is 15.4 Å². The summed E-state index contributed by atoms with van der Waals surface area (Å²) in [6.07, 6.45) is 0.315. The van der Waals surface area contributed by atoms with E-state index >= 15 is 0 Å². The van der Waals surface area contributed by atoms with Crippen LogP contribution in [-0.4, -0.2) is 65.7 Å². The first-order valence-electron chi connectivity index (χ1n) is 12.6. The highest BCUT2D eigenvalue weighted by Crippen LogP contribution is 2.36. The molecule has 38 heavy (non-hydrogen) atoms. The van der Waals surface area contributed by atoms with E-state index in [-0.39, 0.29) is 48.2 Å². The molecule has 0 saturated carbocycles. The number of rotatable bonds is 9. The first kappa shape index (κ1) is 25.9. The maximum Gasteiger partial charge on any atom is 0.269 e. The van der Waals surface area contributed by atoms with Crippen molar-refractivity contribution in [2.24, 2.45) is 5.16 Å². The van der Waals surface area contributed by atoms with Gasteiger partial charge in [-0.2, -0.15) is 0 Å². The normalized spacial score (nSPS) is 17.1. The number of aliphatic hydroxyl groups is 1. The lowest BCUT2D eigenvalue weighted by molar-refractivity contribution is -0.116. The van der Waals surface area contributed by atoms with Crippen LogP contribution in [0, 0.1) is 11.6 Å². The summed E-state index contributed by atoms with van der Waals surface area (Å²) < 4.78 is 38.9. The molecule has 0 unspecified atom stereocenters. The third-order valence-corrected chi connectivity index (χ3v) is 6.96. The third-order valence-electron chi connectivity index (χ3n) is 6.96. The molecule has 10 heteroatoms. The van der Waals surface area contributed by atoms with Crippen molar-refractivity contribution >= 4 is 22.4 Å². The number of amides is 1. The largest absolute Gasteiger partial charge is 0.486 e. The Morgan fingerprint density at radius 2 is 1.82 bits per heavy atom. The minimum Gasteiger partial charge on any atom is -0.486 e. The summed E-state index contributed by atoms with van der Waals surface area (Å²) in [5.74, 6) is -1.39. The van der Waals surface area contributed by atoms with Crippen LogP contribution < -0.4 is 14.8 Å². The van der Waals surface area contributed by atoms with Gasteiger partial charge in [0.15, 0.2) is 17.3 Å². The molecule has 0 aromatic heterocycles. The van der Waals surface area contributed by atoms with Crippen molar-refractivity contribution in [1.29, 1.82) is 0 Å². The Morgan fingerprint density at radius 3 is 2.58 bits per heavy atom. The van der Waals surface area contributed by atoms with Crippen molar-refractivity contribution in [3.8, 4) is 11.5 Å². The van der Waals surface area contributed by atoms with Gasteiger partial charge in [0.05, 0.1) is 6.04 Å². The molecule has 5 rings (SSSR count). The molecular weight excluding hydrogens is 496 g/mol. The third kappa shape index (κ3) is 5.71. The van der Waals surface area contributed by atoms with Gasteiger partial charge < -0.3 is 30.0 Å². The topological polar surface area (TPSA) is 104 Å². The number of nitrogens with one attached hydrogen (secondary N) is 1. The number of carbonyl (C=O) groups is 1. The number of ether oxygens (including phenoxy) is 2. The SMILES string of the molecule is O=C(N[C@H](CN1CCC1)[C@@H](O)c1cc(F)c2c(c1)OCCO2)/C(CCc1ccc2cc(F)ccc2c1)=N\O. The van der Waals surface area contributed by atoms with E-state index in [1.807, 2.05) is 12.1 Å². The minimum atomic E-state index is -1.24. The molecule has 8 nitrogen and oxygen atoms in total. The molecule has 1 amide bonds. The molecule has 2 atom stereocenters. The van der Waals surface area contributed by atoms with Crippen LogP contribution in [0.5, 0.6) is 11.5 Å². The number of oxime groups is 1. The van der Waals surface area contributed by atoms with Gasteiger partial charge in [0.2, 0.25) is 0 Å². The molecule has 200 valence electrons. The molecule has 3 aromatic carbocycles. The molecule has 0 aliphatic carbocycles. The number of hydrogen-bond acceptors (Lipinski definition) is 7. The lowest BCUT2D eigenvalue weighted by Gasteiger charge is -2.36. The zero-order valence-corrected chi connectivity index (χ0v) is 20.7. The van der Waals surface area contributed by atoms with Gasteiger partial charge in [-0.15, -0.1) is 0 Å². The fraction of sp³-hybridized carbons (Fsp3) is 0.357. The van der Waals surface area contributed by atoms with E-state index in [0.29, 0.717) is 13.0 Å². The van der Waals surface area contributed by atoms with Gasteiger partial charge in [0.25, 0.3) is 5.91 Å². The monoisotopic (exact) mass is 525 g/mol. The molecule has 3 aromatic rings.